The molecule has 5 nitrogen and oxygen atoms in total. The molecule has 1 saturated heterocycles. The average Bonchev–Trinajstić information content (AvgIpc) is 3.07. The highest BCUT2D eigenvalue weighted by molar-refractivity contribution is 7.92. The summed E-state index contributed by atoms with van der Waals surface area (Å²) >= 11 is 5.77. The first kappa shape index (κ1) is 18.3. The molecule has 3 rings (SSSR count). The van der Waals surface area contributed by atoms with Gasteiger partial charge in [0.15, 0.2) is 9.84 Å². The van der Waals surface area contributed by atoms with E-state index in [9.17, 15) is 21.2 Å². The van der Waals surface area contributed by atoms with Crippen LogP contribution < -0.4 is 0 Å². The molecule has 1 heterocycles. The zero-order valence-corrected chi connectivity index (χ0v) is 15.4. The molecule has 0 spiro atoms. The molecule has 0 bridgehead atoms. The van der Waals surface area contributed by atoms with E-state index in [0.717, 1.165) is 16.4 Å². The predicted octanol–water partition coefficient (Wildman–Crippen LogP) is 2.72. The lowest BCUT2D eigenvalue weighted by molar-refractivity contribution is 0.476. The maximum atomic E-state index is 13.0. The van der Waals surface area contributed by atoms with Gasteiger partial charge in [-0.05, 0) is 55.0 Å². The minimum Gasteiger partial charge on any atom is -0.223 e. The van der Waals surface area contributed by atoms with Gasteiger partial charge in [0.1, 0.15) is 5.82 Å². The largest absolute Gasteiger partial charge is 0.243 e. The Bertz CT molecular complexity index is 892. The van der Waals surface area contributed by atoms with E-state index in [-0.39, 0.29) is 29.3 Å². The Morgan fingerprint density at radius 3 is 2.08 bits per heavy atom. The Labute approximate surface area is 151 Å². The summed E-state index contributed by atoms with van der Waals surface area (Å²) in [4.78, 5) is 0.0568. The third-order valence-corrected chi connectivity index (χ3v) is 8.46. The Morgan fingerprint density at radius 2 is 1.48 bits per heavy atom. The molecule has 1 aliphatic heterocycles. The number of nitrogens with zero attached hydrogens (tertiary/aromatic N) is 1. The molecule has 1 fully saturated rings. The van der Waals surface area contributed by atoms with Gasteiger partial charge >= 0.3 is 0 Å². The number of sulfone groups is 1. The lowest BCUT2D eigenvalue weighted by Crippen LogP contribution is -2.32. The number of hydrogen-bond acceptors (Lipinski definition) is 4. The summed E-state index contributed by atoms with van der Waals surface area (Å²) in [6.07, 6.45) is 0.200. The van der Waals surface area contributed by atoms with Gasteiger partial charge in [0.05, 0.1) is 15.0 Å². The third-order valence-electron chi connectivity index (χ3n) is 4.14. The molecule has 0 radical (unpaired) electrons. The van der Waals surface area contributed by atoms with Gasteiger partial charge in [-0.15, -0.1) is 0 Å². The number of halogens is 2. The summed E-state index contributed by atoms with van der Waals surface area (Å²) in [6, 6.07) is 10.3. The van der Waals surface area contributed by atoms with Crippen LogP contribution in [0.15, 0.2) is 58.3 Å². The minimum absolute atomic E-state index is 0.0570. The Morgan fingerprint density at radius 1 is 0.920 bits per heavy atom. The van der Waals surface area contributed by atoms with E-state index in [2.05, 4.69) is 0 Å². The van der Waals surface area contributed by atoms with Crippen molar-refractivity contribution in [2.45, 2.75) is 21.5 Å². The Hall–Kier alpha value is -1.48. The van der Waals surface area contributed by atoms with Gasteiger partial charge in [-0.1, -0.05) is 11.6 Å². The van der Waals surface area contributed by atoms with Crippen LogP contribution in [0.4, 0.5) is 4.39 Å². The van der Waals surface area contributed by atoms with Gasteiger partial charge in [0, 0.05) is 18.1 Å². The van der Waals surface area contributed by atoms with Gasteiger partial charge < -0.3 is 0 Å². The van der Waals surface area contributed by atoms with Crippen LogP contribution >= 0.6 is 11.6 Å². The van der Waals surface area contributed by atoms with E-state index >= 15 is 0 Å². The zero-order chi connectivity index (χ0) is 18.2. The molecule has 0 N–H and O–H groups in total. The van der Waals surface area contributed by atoms with Crippen molar-refractivity contribution in [3.8, 4) is 0 Å². The van der Waals surface area contributed by atoms with E-state index in [0.29, 0.717) is 5.02 Å². The number of benzene rings is 2. The van der Waals surface area contributed by atoms with Crippen molar-refractivity contribution in [3.63, 3.8) is 0 Å². The zero-order valence-electron chi connectivity index (χ0n) is 13.0. The molecule has 25 heavy (non-hydrogen) atoms. The highest BCUT2D eigenvalue weighted by Gasteiger charge is 2.39. The summed E-state index contributed by atoms with van der Waals surface area (Å²) in [5, 5.41) is -0.408. The summed E-state index contributed by atoms with van der Waals surface area (Å²) < 4.78 is 64.7. The third kappa shape index (κ3) is 3.57. The molecule has 2 aromatic rings. The van der Waals surface area contributed by atoms with Crippen LogP contribution in [0.5, 0.6) is 0 Å². The molecular weight excluding hydrogens is 389 g/mol. The molecule has 9 heteroatoms. The fourth-order valence-electron chi connectivity index (χ4n) is 2.74. The van der Waals surface area contributed by atoms with Gasteiger partial charge in [0.25, 0.3) is 0 Å². The normalized spacial score (nSPS) is 19.2. The molecule has 0 aromatic heterocycles. The van der Waals surface area contributed by atoms with E-state index in [1.165, 1.54) is 36.4 Å². The van der Waals surface area contributed by atoms with Crippen molar-refractivity contribution < 1.29 is 21.2 Å². The van der Waals surface area contributed by atoms with E-state index in [4.69, 9.17) is 11.6 Å². The number of rotatable bonds is 4. The predicted molar refractivity (Wildman–Crippen MR) is 92.2 cm³/mol. The van der Waals surface area contributed by atoms with Gasteiger partial charge in [-0.25, -0.2) is 21.2 Å². The van der Waals surface area contributed by atoms with E-state index in [1.807, 2.05) is 0 Å². The molecule has 1 aliphatic rings. The van der Waals surface area contributed by atoms with Crippen LogP contribution in [-0.2, 0) is 19.9 Å². The van der Waals surface area contributed by atoms with Crippen molar-refractivity contribution in [1.29, 1.82) is 0 Å². The lowest BCUT2D eigenvalue weighted by Gasteiger charge is -2.17. The molecule has 1 unspecified atom stereocenters. The second-order valence-corrected chi connectivity index (χ2v) is 10.3. The highest BCUT2D eigenvalue weighted by atomic mass is 35.5. The van der Waals surface area contributed by atoms with Crippen molar-refractivity contribution >= 4 is 31.5 Å². The van der Waals surface area contributed by atoms with Crippen LogP contribution in [0.1, 0.15) is 6.42 Å². The maximum absolute atomic E-state index is 13.0. The number of hydrogen-bond donors (Lipinski definition) is 0. The van der Waals surface area contributed by atoms with Gasteiger partial charge in [-0.3, -0.25) is 0 Å². The summed E-state index contributed by atoms with van der Waals surface area (Å²) in [6.45, 7) is -0.0398. The quantitative estimate of drug-likeness (QED) is 0.786. The molecule has 2 aromatic carbocycles. The SMILES string of the molecule is O=S(=O)(c1ccc(Cl)cc1)C1CCN(S(=O)(=O)c2ccc(F)cc2)C1. The Balaban J connectivity index is 1.83. The smallest absolute Gasteiger partial charge is 0.223 e. The highest BCUT2D eigenvalue weighted by Crippen LogP contribution is 2.28. The van der Waals surface area contributed by atoms with Gasteiger partial charge in [0.2, 0.25) is 10.0 Å². The molecule has 134 valence electrons. The monoisotopic (exact) mass is 403 g/mol. The molecule has 1 atom stereocenters. The first-order chi connectivity index (χ1) is 11.7. The van der Waals surface area contributed by atoms with Crippen molar-refractivity contribution in [2.24, 2.45) is 0 Å². The van der Waals surface area contributed by atoms with Crippen molar-refractivity contribution in [2.75, 3.05) is 13.1 Å². The average molecular weight is 404 g/mol. The maximum Gasteiger partial charge on any atom is 0.243 e. The summed E-state index contributed by atoms with van der Waals surface area (Å²) in [5.74, 6) is -0.538. The summed E-state index contributed by atoms with van der Waals surface area (Å²) in [5.41, 5.74) is 0. The molecule has 0 saturated carbocycles. The number of sulfonamides is 1. The van der Waals surface area contributed by atoms with Crippen LogP contribution in [-0.4, -0.2) is 39.5 Å². The fourth-order valence-corrected chi connectivity index (χ4v) is 6.15. The Kier molecular flexibility index (Phi) is 4.89. The standard InChI is InChI=1S/C16H15ClFNO4S2/c17-12-1-5-14(6-2-12)24(20,21)16-9-10-19(11-16)25(22,23)15-7-3-13(18)4-8-15/h1-8,16H,9-11H2. The van der Waals surface area contributed by atoms with E-state index in [1.54, 1.807) is 0 Å². The topological polar surface area (TPSA) is 71.5 Å². The van der Waals surface area contributed by atoms with Crippen LogP contribution in [0.25, 0.3) is 0 Å². The minimum atomic E-state index is -3.86. The second kappa shape index (κ2) is 6.68. The van der Waals surface area contributed by atoms with Crippen LogP contribution in [0.3, 0.4) is 0 Å². The fraction of sp³-hybridized carbons (Fsp3) is 0.250. The van der Waals surface area contributed by atoms with Crippen LogP contribution in [0, 0.1) is 5.82 Å². The van der Waals surface area contributed by atoms with E-state index < -0.39 is 30.9 Å². The molecule has 0 aliphatic carbocycles. The summed E-state index contributed by atoms with van der Waals surface area (Å²) in [7, 11) is -7.52. The molecular formula is C16H15ClFNO4S2. The molecule has 0 amide bonds. The van der Waals surface area contributed by atoms with Crippen molar-refractivity contribution in [3.05, 3.63) is 59.4 Å². The van der Waals surface area contributed by atoms with Gasteiger partial charge in [-0.2, -0.15) is 4.31 Å². The lowest BCUT2D eigenvalue weighted by atomic mass is 10.4. The van der Waals surface area contributed by atoms with Crippen LogP contribution in [0.2, 0.25) is 5.02 Å². The second-order valence-electron chi connectivity index (χ2n) is 5.73. The van der Waals surface area contributed by atoms with Crippen molar-refractivity contribution in [1.82, 2.24) is 4.31 Å². The first-order valence-corrected chi connectivity index (χ1v) is 10.8. The first-order valence-electron chi connectivity index (χ1n) is 7.46.